The molecule has 0 aliphatic heterocycles. The lowest BCUT2D eigenvalue weighted by Gasteiger charge is -2.08. The average Bonchev–Trinajstić information content (AvgIpc) is 2.28. The first-order chi connectivity index (χ1) is 7.91. The van der Waals surface area contributed by atoms with Crippen LogP contribution in [-0.4, -0.2) is 28.4 Å². The minimum absolute atomic E-state index is 0.0541. The van der Waals surface area contributed by atoms with Crippen LogP contribution in [0, 0.1) is 5.92 Å². The molecule has 0 unspecified atom stereocenters. The first kappa shape index (κ1) is 13.0. The smallest absolute Gasteiger partial charge is 0.255 e. The van der Waals surface area contributed by atoms with Crippen LogP contribution in [0.2, 0.25) is 0 Å². The number of amides is 1. The van der Waals surface area contributed by atoms with E-state index in [1.807, 2.05) is 0 Å². The van der Waals surface area contributed by atoms with Gasteiger partial charge >= 0.3 is 0 Å². The molecule has 0 heterocycles. The fraction of sp³-hybridized carbons (Fsp3) is 0.333. The molecule has 0 aliphatic rings. The Morgan fingerprint density at radius 3 is 2.53 bits per heavy atom. The second kappa shape index (κ2) is 5.34. The van der Waals surface area contributed by atoms with Crippen LogP contribution in [0.5, 0.6) is 11.5 Å². The zero-order valence-electron chi connectivity index (χ0n) is 9.73. The minimum atomic E-state index is -0.590. The molecule has 0 saturated carbocycles. The Labute approximate surface area is 99.1 Å². The van der Waals surface area contributed by atoms with E-state index in [0.717, 1.165) is 6.07 Å². The van der Waals surface area contributed by atoms with Crippen LogP contribution in [-0.2, 0) is 4.79 Å². The number of benzene rings is 1. The SMILES string of the molecule is CC(C)C(=O)CNC(=O)c1cc(O)ccc1O. The number of carbonyl (C=O) groups excluding carboxylic acids is 2. The number of hydrogen-bond donors (Lipinski definition) is 3. The molecule has 0 radical (unpaired) electrons. The third kappa shape index (κ3) is 3.48. The molecule has 0 saturated heterocycles. The summed E-state index contributed by atoms with van der Waals surface area (Å²) in [5.74, 6) is -1.21. The van der Waals surface area contributed by atoms with Gasteiger partial charge in [-0.3, -0.25) is 9.59 Å². The number of Topliss-reactive ketones (excluding diaryl/α,β-unsaturated/α-hetero) is 1. The molecule has 0 aromatic heterocycles. The van der Waals surface area contributed by atoms with Gasteiger partial charge in [0.15, 0.2) is 5.78 Å². The van der Waals surface area contributed by atoms with Gasteiger partial charge < -0.3 is 15.5 Å². The molecule has 1 aromatic rings. The largest absolute Gasteiger partial charge is 0.508 e. The molecule has 0 bridgehead atoms. The molecule has 3 N–H and O–H groups in total. The summed E-state index contributed by atoms with van der Waals surface area (Å²) in [6.07, 6.45) is 0. The van der Waals surface area contributed by atoms with E-state index < -0.39 is 5.91 Å². The van der Waals surface area contributed by atoms with E-state index in [2.05, 4.69) is 5.32 Å². The lowest BCUT2D eigenvalue weighted by molar-refractivity contribution is -0.120. The Morgan fingerprint density at radius 2 is 1.94 bits per heavy atom. The molecule has 1 aromatic carbocycles. The molecule has 0 spiro atoms. The number of aromatic hydroxyl groups is 2. The summed E-state index contributed by atoms with van der Waals surface area (Å²) in [5.41, 5.74) is -0.0541. The highest BCUT2D eigenvalue weighted by atomic mass is 16.3. The lowest BCUT2D eigenvalue weighted by Crippen LogP contribution is -2.31. The molecule has 1 rings (SSSR count). The number of rotatable bonds is 4. The van der Waals surface area contributed by atoms with E-state index in [1.54, 1.807) is 13.8 Å². The molecule has 0 atom stereocenters. The van der Waals surface area contributed by atoms with Crippen molar-refractivity contribution < 1.29 is 19.8 Å². The normalized spacial score (nSPS) is 10.3. The van der Waals surface area contributed by atoms with Crippen molar-refractivity contribution in [1.29, 1.82) is 0 Å². The van der Waals surface area contributed by atoms with Gasteiger partial charge in [-0.05, 0) is 18.2 Å². The van der Waals surface area contributed by atoms with Gasteiger partial charge in [0.05, 0.1) is 12.1 Å². The van der Waals surface area contributed by atoms with Gasteiger partial charge in [0.2, 0.25) is 0 Å². The summed E-state index contributed by atoms with van der Waals surface area (Å²) in [6, 6.07) is 3.63. The van der Waals surface area contributed by atoms with Crippen LogP contribution in [0.1, 0.15) is 24.2 Å². The van der Waals surface area contributed by atoms with E-state index in [0.29, 0.717) is 0 Å². The van der Waals surface area contributed by atoms with Crippen molar-refractivity contribution in [2.45, 2.75) is 13.8 Å². The second-order valence-corrected chi connectivity index (χ2v) is 4.01. The molecular weight excluding hydrogens is 222 g/mol. The Hall–Kier alpha value is -2.04. The van der Waals surface area contributed by atoms with Crippen molar-refractivity contribution in [3.05, 3.63) is 23.8 Å². The highest BCUT2D eigenvalue weighted by Gasteiger charge is 2.14. The fourth-order valence-electron chi connectivity index (χ4n) is 1.17. The monoisotopic (exact) mass is 237 g/mol. The molecule has 5 heteroatoms. The second-order valence-electron chi connectivity index (χ2n) is 4.01. The maximum Gasteiger partial charge on any atom is 0.255 e. The van der Waals surface area contributed by atoms with Gasteiger partial charge in [-0.15, -0.1) is 0 Å². The van der Waals surface area contributed by atoms with Crippen LogP contribution < -0.4 is 5.32 Å². The van der Waals surface area contributed by atoms with E-state index in [1.165, 1.54) is 12.1 Å². The first-order valence-electron chi connectivity index (χ1n) is 5.24. The summed E-state index contributed by atoms with van der Waals surface area (Å²) in [5, 5.41) is 21.0. The maximum absolute atomic E-state index is 11.6. The number of ketones is 1. The predicted octanol–water partition coefficient (Wildman–Crippen LogP) is 1.05. The number of phenolic OH excluding ortho intramolecular Hbond substituents is 2. The Bertz CT molecular complexity index is 440. The fourth-order valence-corrected chi connectivity index (χ4v) is 1.17. The topological polar surface area (TPSA) is 86.6 Å². The van der Waals surface area contributed by atoms with Crippen molar-refractivity contribution in [1.82, 2.24) is 5.32 Å². The Balaban J connectivity index is 2.70. The van der Waals surface area contributed by atoms with E-state index in [9.17, 15) is 19.8 Å². The highest BCUT2D eigenvalue weighted by molar-refractivity contribution is 5.99. The number of carbonyl (C=O) groups is 2. The van der Waals surface area contributed by atoms with Crippen molar-refractivity contribution in [3.63, 3.8) is 0 Å². The molecule has 17 heavy (non-hydrogen) atoms. The third-order valence-electron chi connectivity index (χ3n) is 2.29. The van der Waals surface area contributed by atoms with E-state index in [-0.39, 0.29) is 35.3 Å². The molecular formula is C12H15NO4. The summed E-state index contributed by atoms with van der Waals surface area (Å²) < 4.78 is 0. The number of hydrogen-bond acceptors (Lipinski definition) is 4. The van der Waals surface area contributed by atoms with Gasteiger partial charge in [0.25, 0.3) is 5.91 Å². The molecule has 0 aliphatic carbocycles. The summed E-state index contributed by atoms with van der Waals surface area (Å²) in [4.78, 5) is 22.9. The van der Waals surface area contributed by atoms with Crippen LogP contribution in [0.25, 0.3) is 0 Å². The number of phenols is 2. The van der Waals surface area contributed by atoms with Gasteiger partial charge in [-0.2, -0.15) is 0 Å². The van der Waals surface area contributed by atoms with Crippen LogP contribution in [0.15, 0.2) is 18.2 Å². The zero-order chi connectivity index (χ0) is 13.0. The van der Waals surface area contributed by atoms with Crippen LogP contribution in [0.4, 0.5) is 0 Å². The van der Waals surface area contributed by atoms with Gasteiger partial charge in [0.1, 0.15) is 11.5 Å². The van der Waals surface area contributed by atoms with Gasteiger partial charge in [-0.25, -0.2) is 0 Å². The van der Waals surface area contributed by atoms with Crippen LogP contribution in [0.3, 0.4) is 0 Å². The average molecular weight is 237 g/mol. The summed E-state index contributed by atoms with van der Waals surface area (Å²) in [6.45, 7) is 3.38. The lowest BCUT2D eigenvalue weighted by atomic mass is 10.1. The standard InChI is InChI=1S/C12H15NO4/c1-7(2)11(16)6-13-12(17)9-5-8(14)3-4-10(9)15/h3-5,7,14-15H,6H2,1-2H3,(H,13,17). The van der Waals surface area contributed by atoms with Crippen LogP contribution >= 0.6 is 0 Å². The molecule has 0 fully saturated rings. The van der Waals surface area contributed by atoms with Gasteiger partial charge in [0, 0.05) is 5.92 Å². The summed E-state index contributed by atoms with van der Waals surface area (Å²) in [7, 11) is 0. The third-order valence-corrected chi connectivity index (χ3v) is 2.29. The molecule has 5 nitrogen and oxygen atoms in total. The van der Waals surface area contributed by atoms with Crippen molar-refractivity contribution in [2.75, 3.05) is 6.54 Å². The summed E-state index contributed by atoms with van der Waals surface area (Å²) >= 11 is 0. The van der Waals surface area contributed by atoms with E-state index >= 15 is 0 Å². The van der Waals surface area contributed by atoms with Crippen molar-refractivity contribution >= 4 is 11.7 Å². The maximum atomic E-state index is 11.6. The molecule has 1 amide bonds. The first-order valence-corrected chi connectivity index (χ1v) is 5.24. The minimum Gasteiger partial charge on any atom is -0.508 e. The number of nitrogens with one attached hydrogen (secondary N) is 1. The Morgan fingerprint density at radius 1 is 1.29 bits per heavy atom. The van der Waals surface area contributed by atoms with Crippen molar-refractivity contribution in [2.24, 2.45) is 5.92 Å². The van der Waals surface area contributed by atoms with Gasteiger partial charge in [-0.1, -0.05) is 13.8 Å². The zero-order valence-corrected chi connectivity index (χ0v) is 9.73. The van der Waals surface area contributed by atoms with Crippen molar-refractivity contribution in [3.8, 4) is 11.5 Å². The predicted molar refractivity (Wildman–Crippen MR) is 61.9 cm³/mol. The quantitative estimate of drug-likeness (QED) is 0.683. The molecule has 92 valence electrons. The Kier molecular flexibility index (Phi) is 4.09. The highest BCUT2D eigenvalue weighted by Crippen LogP contribution is 2.21. The van der Waals surface area contributed by atoms with E-state index in [4.69, 9.17) is 0 Å².